The lowest BCUT2D eigenvalue weighted by Gasteiger charge is -2.21. The predicted octanol–water partition coefficient (Wildman–Crippen LogP) is 2.67. The van der Waals surface area contributed by atoms with Crippen molar-refractivity contribution in [2.24, 2.45) is 5.92 Å². The minimum absolute atomic E-state index is 0.318. The number of rotatable bonds is 3. The molecule has 0 spiro atoms. The molecule has 1 aliphatic heterocycles. The summed E-state index contributed by atoms with van der Waals surface area (Å²) in [5, 5.41) is 2.98. The Hall–Kier alpha value is -0.320. The second kappa shape index (κ2) is 4.96. The molecule has 1 fully saturated rings. The van der Waals surface area contributed by atoms with Crippen molar-refractivity contribution in [1.82, 2.24) is 5.32 Å². The van der Waals surface area contributed by atoms with Crippen molar-refractivity contribution in [2.45, 2.75) is 38.0 Å². The minimum Gasteiger partial charge on any atom is -0.316 e. The van der Waals surface area contributed by atoms with E-state index in [0.29, 0.717) is 13.0 Å². The number of hydrogen-bond donors (Lipinski definition) is 1. The molecule has 1 saturated heterocycles. The van der Waals surface area contributed by atoms with Gasteiger partial charge < -0.3 is 5.32 Å². The van der Waals surface area contributed by atoms with Gasteiger partial charge in [0.05, 0.1) is 0 Å². The molecule has 0 saturated carbocycles. The highest BCUT2D eigenvalue weighted by Gasteiger charge is 2.42. The molecule has 14 heavy (non-hydrogen) atoms. The molecule has 1 unspecified atom stereocenters. The second-order valence-electron chi connectivity index (χ2n) is 3.83. The predicted molar refractivity (Wildman–Crippen MR) is 45.8 cm³/mol. The molecule has 1 heterocycles. The van der Waals surface area contributed by atoms with E-state index < -0.39 is 18.8 Å². The molecule has 1 atom stereocenters. The number of nitrogens with one attached hydrogen (secondary N) is 1. The number of halogens is 4. The van der Waals surface area contributed by atoms with Gasteiger partial charge in [0.2, 0.25) is 0 Å². The Bertz CT molecular complexity index is 164. The minimum atomic E-state index is -3.82. The van der Waals surface area contributed by atoms with E-state index in [4.69, 9.17) is 0 Å². The molecule has 0 bridgehead atoms. The summed E-state index contributed by atoms with van der Waals surface area (Å²) in [5.74, 6) is -4.14. The second-order valence-corrected chi connectivity index (χ2v) is 3.83. The Balaban J connectivity index is 2.41. The summed E-state index contributed by atoms with van der Waals surface area (Å²) in [5.41, 5.74) is 0. The fraction of sp³-hybridized carbons (Fsp3) is 1.00. The highest BCUT2D eigenvalue weighted by Crippen LogP contribution is 2.32. The summed E-state index contributed by atoms with van der Waals surface area (Å²) in [6.07, 6.45) is -1.83. The highest BCUT2D eigenvalue weighted by atomic mass is 19.3. The molecule has 0 amide bonds. The van der Waals surface area contributed by atoms with Gasteiger partial charge >= 0.3 is 12.3 Å². The van der Waals surface area contributed by atoms with Gasteiger partial charge in [0.1, 0.15) is 0 Å². The first kappa shape index (κ1) is 11.8. The van der Waals surface area contributed by atoms with Crippen LogP contribution in [0.2, 0.25) is 0 Å². The molecular formula is C9H15F4N. The summed E-state index contributed by atoms with van der Waals surface area (Å²) in [7, 11) is 0. The first-order chi connectivity index (χ1) is 6.52. The molecule has 0 aromatic heterocycles. The number of alkyl halides is 4. The van der Waals surface area contributed by atoms with E-state index in [1.807, 2.05) is 0 Å². The van der Waals surface area contributed by atoms with E-state index in [-0.39, 0.29) is 5.92 Å². The smallest absolute Gasteiger partial charge is 0.307 e. The largest absolute Gasteiger partial charge is 0.316 e. The molecule has 0 aliphatic carbocycles. The van der Waals surface area contributed by atoms with Gasteiger partial charge in [-0.05, 0) is 31.8 Å². The van der Waals surface area contributed by atoms with Crippen molar-refractivity contribution in [3.8, 4) is 0 Å². The third kappa shape index (κ3) is 3.44. The molecule has 1 rings (SSSR count). The highest BCUT2D eigenvalue weighted by molar-refractivity contribution is 4.77. The van der Waals surface area contributed by atoms with Crippen LogP contribution in [0.15, 0.2) is 0 Å². The van der Waals surface area contributed by atoms with Crippen LogP contribution in [0.3, 0.4) is 0 Å². The van der Waals surface area contributed by atoms with Crippen molar-refractivity contribution < 1.29 is 17.6 Å². The molecule has 84 valence electrons. The van der Waals surface area contributed by atoms with Gasteiger partial charge in [-0.2, -0.15) is 0 Å². The first-order valence-electron chi connectivity index (χ1n) is 4.89. The average molecular weight is 213 g/mol. The van der Waals surface area contributed by atoms with Crippen LogP contribution in [-0.4, -0.2) is 25.4 Å². The lowest BCUT2D eigenvalue weighted by atomic mass is 9.96. The SMILES string of the molecule is FC(F)C(F)(F)CC1CCCCNC1. The van der Waals surface area contributed by atoms with Gasteiger partial charge in [0, 0.05) is 6.42 Å². The monoisotopic (exact) mass is 213 g/mol. The van der Waals surface area contributed by atoms with Crippen molar-refractivity contribution in [3.63, 3.8) is 0 Å². The summed E-state index contributed by atoms with van der Waals surface area (Å²) >= 11 is 0. The quantitative estimate of drug-likeness (QED) is 0.711. The fourth-order valence-corrected chi connectivity index (χ4v) is 1.74. The van der Waals surface area contributed by atoms with Crippen molar-refractivity contribution in [3.05, 3.63) is 0 Å². The zero-order chi connectivity index (χ0) is 10.6. The summed E-state index contributed by atoms with van der Waals surface area (Å²) < 4.78 is 49.2. The van der Waals surface area contributed by atoms with E-state index in [2.05, 4.69) is 5.32 Å². The van der Waals surface area contributed by atoms with E-state index in [9.17, 15) is 17.6 Å². The molecule has 0 aromatic rings. The number of hydrogen-bond acceptors (Lipinski definition) is 1. The van der Waals surface area contributed by atoms with E-state index in [1.165, 1.54) is 0 Å². The normalized spacial score (nSPS) is 25.1. The molecular weight excluding hydrogens is 198 g/mol. The summed E-state index contributed by atoms with van der Waals surface area (Å²) in [6, 6.07) is 0. The lowest BCUT2D eigenvalue weighted by molar-refractivity contribution is -0.140. The van der Waals surface area contributed by atoms with E-state index in [0.717, 1.165) is 19.4 Å². The zero-order valence-electron chi connectivity index (χ0n) is 7.91. The fourth-order valence-electron chi connectivity index (χ4n) is 1.74. The van der Waals surface area contributed by atoms with Crippen molar-refractivity contribution in [2.75, 3.05) is 13.1 Å². The maximum atomic E-state index is 12.7. The molecule has 1 aliphatic rings. The zero-order valence-corrected chi connectivity index (χ0v) is 7.91. The topological polar surface area (TPSA) is 12.0 Å². The van der Waals surface area contributed by atoms with Crippen molar-refractivity contribution >= 4 is 0 Å². The van der Waals surface area contributed by atoms with Crippen LogP contribution in [-0.2, 0) is 0 Å². The average Bonchev–Trinajstić information content (AvgIpc) is 2.32. The van der Waals surface area contributed by atoms with Crippen LogP contribution < -0.4 is 5.32 Å². The Morgan fingerprint density at radius 3 is 2.64 bits per heavy atom. The third-order valence-electron chi connectivity index (χ3n) is 2.53. The summed E-state index contributed by atoms with van der Waals surface area (Å²) in [6.45, 7) is 1.24. The standard InChI is InChI=1S/C9H15F4N/c10-8(11)9(12,13)5-7-3-1-2-4-14-6-7/h7-8,14H,1-6H2. The van der Waals surface area contributed by atoms with Crippen LogP contribution >= 0.6 is 0 Å². The van der Waals surface area contributed by atoms with E-state index in [1.54, 1.807) is 0 Å². The maximum Gasteiger partial charge on any atom is 0.307 e. The summed E-state index contributed by atoms with van der Waals surface area (Å²) in [4.78, 5) is 0. The van der Waals surface area contributed by atoms with Crippen LogP contribution in [0.4, 0.5) is 17.6 Å². The third-order valence-corrected chi connectivity index (χ3v) is 2.53. The Kier molecular flexibility index (Phi) is 4.16. The van der Waals surface area contributed by atoms with Crippen LogP contribution in [0, 0.1) is 5.92 Å². The van der Waals surface area contributed by atoms with E-state index >= 15 is 0 Å². The van der Waals surface area contributed by atoms with Gasteiger partial charge in [-0.15, -0.1) is 0 Å². The van der Waals surface area contributed by atoms with Gasteiger partial charge in [0.25, 0.3) is 0 Å². The first-order valence-corrected chi connectivity index (χ1v) is 4.89. The molecule has 0 aromatic carbocycles. The van der Waals surface area contributed by atoms with Gasteiger partial charge in [-0.25, -0.2) is 17.6 Å². The Morgan fingerprint density at radius 1 is 1.29 bits per heavy atom. The van der Waals surface area contributed by atoms with Crippen LogP contribution in [0.25, 0.3) is 0 Å². The molecule has 1 N–H and O–H groups in total. The molecule has 1 nitrogen and oxygen atoms in total. The van der Waals surface area contributed by atoms with Gasteiger partial charge in [-0.3, -0.25) is 0 Å². The molecule has 5 heteroatoms. The van der Waals surface area contributed by atoms with Crippen molar-refractivity contribution in [1.29, 1.82) is 0 Å². The molecule has 0 radical (unpaired) electrons. The van der Waals surface area contributed by atoms with Gasteiger partial charge in [0.15, 0.2) is 0 Å². The van der Waals surface area contributed by atoms with Crippen LogP contribution in [0.5, 0.6) is 0 Å². The Labute approximate surface area is 80.9 Å². The maximum absolute atomic E-state index is 12.7. The lowest BCUT2D eigenvalue weighted by Crippen LogP contribution is -2.32. The Morgan fingerprint density at radius 2 is 2.00 bits per heavy atom. The van der Waals surface area contributed by atoms with Crippen LogP contribution in [0.1, 0.15) is 25.7 Å². The van der Waals surface area contributed by atoms with Gasteiger partial charge in [-0.1, -0.05) is 6.42 Å².